The maximum atomic E-state index is 11.9. The summed E-state index contributed by atoms with van der Waals surface area (Å²) in [6.07, 6.45) is 5.25. The highest BCUT2D eigenvalue weighted by Gasteiger charge is 2.35. The summed E-state index contributed by atoms with van der Waals surface area (Å²) >= 11 is 0. The number of nitrogens with one attached hydrogen (secondary N) is 1. The predicted octanol–water partition coefficient (Wildman–Crippen LogP) is 2.45. The summed E-state index contributed by atoms with van der Waals surface area (Å²) in [5, 5.41) is 3.07. The molecule has 0 unspecified atom stereocenters. The minimum atomic E-state index is 0.0686. The number of ether oxygens (including phenoxy) is 1. The van der Waals surface area contributed by atoms with Crippen molar-refractivity contribution in [1.29, 1.82) is 0 Å². The second-order valence-electron chi connectivity index (χ2n) is 6.01. The highest BCUT2D eigenvalue weighted by molar-refractivity contribution is 5.76. The van der Waals surface area contributed by atoms with Crippen molar-refractivity contribution in [3.05, 3.63) is 30.3 Å². The van der Waals surface area contributed by atoms with Crippen LogP contribution < -0.4 is 10.1 Å². The van der Waals surface area contributed by atoms with E-state index in [0.717, 1.165) is 12.3 Å². The average Bonchev–Trinajstić information content (AvgIpc) is 2.96. The molecule has 2 rings (SSSR count). The number of carbonyl (C=O) groups excluding carboxylic acids is 1. The Morgan fingerprint density at radius 3 is 2.52 bits per heavy atom. The molecule has 1 fully saturated rings. The van der Waals surface area contributed by atoms with Gasteiger partial charge in [-0.15, -0.1) is 0 Å². The van der Waals surface area contributed by atoms with Crippen molar-refractivity contribution >= 4 is 5.91 Å². The van der Waals surface area contributed by atoms with Gasteiger partial charge in [-0.3, -0.25) is 4.79 Å². The monoisotopic (exact) mass is 290 g/mol. The molecule has 1 N–H and O–H groups in total. The van der Waals surface area contributed by atoms with Gasteiger partial charge >= 0.3 is 0 Å². The van der Waals surface area contributed by atoms with E-state index in [9.17, 15) is 4.79 Å². The number of nitrogens with zero attached hydrogens (tertiary/aromatic N) is 1. The lowest BCUT2D eigenvalue weighted by Crippen LogP contribution is -2.50. The van der Waals surface area contributed by atoms with Gasteiger partial charge in [0.15, 0.2) is 0 Å². The smallest absolute Gasteiger partial charge is 0.223 e. The zero-order valence-corrected chi connectivity index (χ0v) is 13.1. The Kier molecular flexibility index (Phi) is 5.62. The van der Waals surface area contributed by atoms with Crippen molar-refractivity contribution < 1.29 is 9.53 Å². The van der Waals surface area contributed by atoms with Gasteiger partial charge in [-0.25, -0.2) is 0 Å². The molecule has 1 aromatic carbocycles. The molecule has 0 atom stereocenters. The van der Waals surface area contributed by atoms with Gasteiger partial charge in [-0.05, 0) is 39.1 Å². The zero-order chi connectivity index (χ0) is 15.1. The topological polar surface area (TPSA) is 41.6 Å². The summed E-state index contributed by atoms with van der Waals surface area (Å²) in [5.41, 5.74) is 0.149. The Balaban J connectivity index is 1.70. The fourth-order valence-corrected chi connectivity index (χ4v) is 2.95. The summed E-state index contributed by atoms with van der Waals surface area (Å²) in [5.74, 6) is 0.880. The largest absolute Gasteiger partial charge is 0.493 e. The molecule has 1 aliphatic rings. The van der Waals surface area contributed by atoms with E-state index in [-0.39, 0.29) is 11.4 Å². The minimum Gasteiger partial charge on any atom is -0.493 e. The van der Waals surface area contributed by atoms with E-state index in [1.54, 1.807) is 0 Å². The molecule has 1 amide bonds. The first-order chi connectivity index (χ1) is 10.1. The molecule has 1 saturated carbocycles. The number of amides is 1. The summed E-state index contributed by atoms with van der Waals surface area (Å²) in [4.78, 5) is 14.2. The van der Waals surface area contributed by atoms with Crippen LogP contribution in [0.3, 0.4) is 0 Å². The molecule has 0 spiro atoms. The second-order valence-corrected chi connectivity index (χ2v) is 6.01. The van der Waals surface area contributed by atoms with E-state index in [1.807, 2.05) is 30.3 Å². The predicted molar refractivity (Wildman–Crippen MR) is 84.4 cm³/mol. The van der Waals surface area contributed by atoms with Gasteiger partial charge in [-0.1, -0.05) is 31.0 Å². The molecule has 1 aliphatic carbocycles. The lowest BCUT2D eigenvalue weighted by molar-refractivity contribution is -0.122. The first-order valence-corrected chi connectivity index (χ1v) is 7.74. The molecule has 0 heterocycles. The van der Waals surface area contributed by atoms with E-state index >= 15 is 0 Å². The van der Waals surface area contributed by atoms with Crippen molar-refractivity contribution in [3.63, 3.8) is 0 Å². The van der Waals surface area contributed by atoms with Crippen LogP contribution >= 0.6 is 0 Å². The molecule has 1 aromatic rings. The summed E-state index contributed by atoms with van der Waals surface area (Å²) in [6, 6.07) is 9.60. The van der Waals surface area contributed by atoms with E-state index in [0.29, 0.717) is 13.0 Å². The van der Waals surface area contributed by atoms with Crippen LogP contribution in [0.4, 0.5) is 0 Å². The van der Waals surface area contributed by atoms with Crippen LogP contribution in [0.5, 0.6) is 5.75 Å². The van der Waals surface area contributed by atoms with Gasteiger partial charge in [0.2, 0.25) is 5.91 Å². The Morgan fingerprint density at radius 2 is 1.90 bits per heavy atom. The minimum absolute atomic E-state index is 0.0686. The normalized spacial score (nSPS) is 16.9. The Morgan fingerprint density at radius 1 is 1.24 bits per heavy atom. The molecule has 0 bridgehead atoms. The van der Waals surface area contributed by atoms with Crippen molar-refractivity contribution in [2.24, 2.45) is 0 Å². The SMILES string of the molecule is CN(C)C1(CNC(=O)CCOc2ccccc2)CCCC1. The standard InChI is InChI=1S/C17H26N2O2/c1-19(2)17(11-6-7-12-17)14-18-16(20)10-13-21-15-8-4-3-5-9-15/h3-5,8-9H,6-7,10-14H2,1-2H3,(H,18,20). The third kappa shape index (κ3) is 4.46. The number of rotatable bonds is 7. The van der Waals surface area contributed by atoms with Crippen molar-refractivity contribution in [2.45, 2.75) is 37.6 Å². The van der Waals surface area contributed by atoms with Crippen LogP contribution in [0, 0.1) is 0 Å². The molecule has 0 saturated heterocycles. The van der Waals surface area contributed by atoms with Crippen LogP contribution in [0.25, 0.3) is 0 Å². The number of hydrogen-bond acceptors (Lipinski definition) is 3. The number of hydrogen-bond donors (Lipinski definition) is 1. The fraction of sp³-hybridized carbons (Fsp3) is 0.588. The molecule has 4 heteroatoms. The van der Waals surface area contributed by atoms with E-state index in [2.05, 4.69) is 24.3 Å². The van der Waals surface area contributed by atoms with Crippen molar-refractivity contribution in [1.82, 2.24) is 10.2 Å². The summed E-state index contributed by atoms with van der Waals surface area (Å²) in [7, 11) is 4.21. The van der Waals surface area contributed by atoms with Gasteiger partial charge in [-0.2, -0.15) is 0 Å². The van der Waals surface area contributed by atoms with Crippen LogP contribution in [-0.4, -0.2) is 43.6 Å². The van der Waals surface area contributed by atoms with Gasteiger partial charge in [0.25, 0.3) is 0 Å². The highest BCUT2D eigenvalue weighted by atomic mass is 16.5. The lowest BCUT2D eigenvalue weighted by Gasteiger charge is -2.36. The number of para-hydroxylation sites is 1. The molecule has 0 aliphatic heterocycles. The molecular weight excluding hydrogens is 264 g/mol. The zero-order valence-electron chi connectivity index (χ0n) is 13.1. The first kappa shape index (κ1) is 15.8. The Labute approximate surface area is 127 Å². The third-order valence-corrected chi connectivity index (χ3v) is 4.44. The van der Waals surface area contributed by atoms with Gasteiger partial charge < -0.3 is 15.0 Å². The van der Waals surface area contributed by atoms with Crippen LogP contribution in [0.2, 0.25) is 0 Å². The van der Waals surface area contributed by atoms with Crippen LogP contribution in [0.1, 0.15) is 32.1 Å². The van der Waals surface area contributed by atoms with E-state index in [1.165, 1.54) is 25.7 Å². The molecule has 0 radical (unpaired) electrons. The summed E-state index contributed by atoms with van der Waals surface area (Å²) in [6.45, 7) is 1.16. The highest BCUT2D eigenvalue weighted by Crippen LogP contribution is 2.33. The number of carbonyl (C=O) groups is 1. The first-order valence-electron chi connectivity index (χ1n) is 7.74. The summed E-state index contributed by atoms with van der Waals surface area (Å²) < 4.78 is 5.55. The van der Waals surface area contributed by atoms with Crippen LogP contribution in [0.15, 0.2) is 30.3 Å². The Bertz CT molecular complexity index is 439. The second kappa shape index (κ2) is 7.46. The van der Waals surface area contributed by atoms with Gasteiger partial charge in [0.1, 0.15) is 5.75 Å². The van der Waals surface area contributed by atoms with Crippen molar-refractivity contribution in [3.8, 4) is 5.75 Å². The average molecular weight is 290 g/mol. The molecule has 0 aromatic heterocycles. The maximum absolute atomic E-state index is 11.9. The van der Waals surface area contributed by atoms with Crippen molar-refractivity contribution in [2.75, 3.05) is 27.2 Å². The molecule has 4 nitrogen and oxygen atoms in total. The number of likely N-dealkylation sites (N-methyl/N-ethyl adjacent to an activating group) is 1. The van der Waals surface area contributed by atoms with E-state index in [4.69, 9.17) is 4.74 Å². The third-order valence-electron chi connectivity index (χ3n) is 4.44. The van der Waals surface area contributed by atoms with Crippen LogP contribution in [-0.2, 0) is 4.79 Å². The van der Waals surface area contributed by atoms with Gasteiger partial charge in [0.05, 0.1) is 13.0 Å². The fourth-order valence-electron chi connectivity index (χ4n) is 2.95. The number of benzene rings is 1. The lowest BCUT2D eigenvalue weighted by atomic mass is 9.96. The quantitative estimate of drug-likeness (QED) is 0.838. The Hall–Kier alpha value is -1.55. The van der Waals surface area contributed by atoms with E-state index < -0.39 is 0 Å². The van der Waals surface area contributed by atoms with Gasteiger partial charge in [0, 0.05) is 12.1 Å². The molecule has 116 valence electrons. The maximum Gasteiger partial charge on any atom is 0.223 e. The molecule has 21 heavy (non-hydrogen) atoms. The molecular formula is C17H26N2O2.